The fourth-order valence-electron chi connectivity index (χ4n) is 2.16. The van der Waals surface area contributed by atoms with E-state index in [1.54, 1.807) is 6.92 Å². The average Bonchev–Trinajstić information content (AvgIpc) is 3.13. The maximum Gasteiger partial charge on any atom is 0.264 e. The van der Waals surface area contributed by atoms with Gasteiger partial charge in [-0.25, -0.2) is 17.5 Å². The van der Waals surface area contributed by atoms with Gasteiger partial charge in [-0.2, -0.15) is 5.26 Å². The lowest BCUT2D eigenvalue weighted by Gasteiger charge is -2.05. The number of aryl methyl sites for hydroxylation is 1. The van der Waals surface area contributed by atoms with Gasteiger partial charge >= 0.3 is 0 Å². The fourth-order valence-corrected chi connectivity index (χ4v) is 5.58. The van der Waals surface area contributed by atoms with Gasteiger partial charge in [-0.1, -0.05) is 0 Å². The monoisotopic (exact) mass is 440 g/mol. The topological polar surface area (TPSA) is 87.8 Å². The normalized spacial score (nSPS) is 11.3. The SMILES string of the molecule is Cc1sc(Br)cc1S(=O)(=O)Nc1ccn(-c2ccc(C#N)cc2F)n1. The summed E-state index contributed by atoms with van der Waals surface area (Å²) in [5.41, 5.74) is 0.298. The summed E-state index contributed by atoms with van der Waals surface area (Å²) in [5, 5.41) is 12.8. The van der Waals surface area contributed by atoms with E-state index in [9.17, 15) is 12.8 Å². The summed E-state index contributed by atoms with van der Waals surface area (Å²) < 4.78 is 43.2. The number of nitriles is 1. The first-order valence-corrected chi connectivity index (χ1v) is 9.94. The fraction of sp³-hybridized carbons (Fsp3) is 0.0667. The molecule has 3 rings (SSSR count). The second-order valence-corrected chi connectivity index (χ2v) is 9.29. The minimum atomic E-state index is -3.80. The van der Waals surface area contributed by atoms with Gasteiger partial charge in [-0.15, -0.1) is 16.4 Å². The Morgan fingerprint density at radius 1 is 1.36 bits per heavy atom. The van der Waals surface area contributed by atoms with Crippen LogP contribution in [0.2, 0.25) is 0 Å². The second-order valence-electron chi connectivity index (χ2n) is 5.00. The third kappa shape index (κ3) is 3.58. The van der Waals surface area contributed by atoms with Crippen molar-refractivity contribution in [3.05, 3.63) is 56.6 Å². The minimum absolute atomic E-state index is 0.0606. The number of sulfonamides is 1. The van der Waals surface area contributed by atoms with E-state index in [1.807, 2.05) is 6.07 Å². The molecule has 25 heavy (non-hydrogen) atoms. The highest BCUT2D eigenvalue weighted by molar-refractivity contribution is 9.11. The van der Waals surface area contributed by atoms with Gasteiger partial charge in [0.2, 0.25) is 0 Å². The van der Waals surface area contributed by atoms with Crippen LogP contribution in [-0.4, -0.2) is 18.2 Å². The molecule has 10 heteroatoms. The highest BCUT2D eigenvalue weighted by atomic mass is 79.9. The molecule has 0 spiro atoms. The van der Waals surface area contributed by atoms with Crippen LogP contribution >= 0.6 is 27.3 Å². The molecule has 0 radical (unpaired) electrons. The van der Waals surface area contributed by atoms with Crippen molar-refractivity contribution in [2.75, 3.05) is 4.72 Å². The number of hydrogen-bond acceptors (Lipinski definition) is 5. The van der Waals surface area contributed by atoms with Gasteiger partial charge in [-0.05, 0) is 47.1 Å². The molecule has 0 fully saturated rings. The summed E-state index contributed by atoms with van der Waals surface area (Å²) in [4.78, 5) is 0.792. The molecular formula is C15H10BrFN4O2S2. The van der Waals surface area contributed by atoms with Gasteiger partial charge in [0, 0.05) is 17.1 Å². The molecule has 0 aliphatic heterocycles. The Hall–Kier alpha value is -2.22. The number of benzene rings is 1. The number of rotatable bonds is 4. The van der Waals surface area contributed by atoms with E-state index in [0.717, 1.165) is 6.07 Å². The van der Waals surface area contributed by atoms with E-state index >= 15 is 0 Å². The number of hydrogen-bond donors (Lipinski definition) is 1. The molecule has 0 aliphatic rings. The van der Waals surface area contributed by atoms with Gasteiger partial charge < -0.3 is 0 Å². The quantitative estimate of drug-likeness (QED) is 0.667. The number of halogens is 2. The Kier molecular flexibility index (Phi) is 4.64. The molecule has 0 bridgehead atoms. The molecule has 1 aromatic carbocycles. The van der Waals surface area contributed by atoms with Crippen molar-refractivity contribution in [2.45, 2.75) is 11.8 Å². The zero-order valence-corrected chi connectivity index (χ0v) is 15.9. The second kappa shape index (κ2) is 6.59. The number of nitrogens with one attached hydrogen (secondary N) is 1. The van der Waals surface area contributed by atoms with Gasteiger partial charge in [0.05, 0.1) is 15.4 Å². The predicted molar refractivity (Wildman–Crippen MR) is 95.8 cm³/mol. The first-order chi connectivity index (χ1) is 11.8. The largest absolute Gasteiger partial charge is 0.264 e. The van der Waals surface area contributed by atoms with Crippen molar-refractivity contribution in [2.24, 2.45) is 0 Å². The highest BCUT2D eigenvalue weighted by Crippen LogP contribution is 2.30. The number of nitrogens with zero attached hydrogens (tertiary/aromatic N) is 3. The summed E-state index contributed by atoms with van der Waals surface area (Å²) in [6.45, 7) is 1.70. The molecule has 0 amide bonds. The Morgan fingerprint density at radius 3 is 2.72 bits per heavy atom. The van der Waals surface area contributed by atoms with E-state index in [-0.39, 0.29) is 22.0 Å². The van der Waals surface area contributed by atoms with Crippen molar-refractivity contribution in [1.82, 2.24) is 9.78 Å². The van der Waals surface area contributed by atoms with E-state index in [1.165, 1.54) is 46.5 Å². The van der Waals surface area contributed by atoms with E-state index in [0.29, 0.717) is 8.66 Å². The summed E-state index contributed by atoms with van der Waals surface area (Å²) in [5.74, 6) is -0.570. The van der Waals surface area contributed by atoms with Gasteiger partial charge in [-0.3, -0.25) is 4.72 Å². The molecule has 2 aromatic heterocycles. The zero-order valence-electron chi connectivity index (χ0n) is 12.7. The first-order valence-electron chi connectivity index (χ1n) is 6.84. The van der Waals surface area contributed by atoms with Crippen molar-refractivity contribution < 1.29 is 12.8 Å². The summed E-state index contributed by atoms with van der Waals surface area (Å²) >= 11 is 4.57. The van der Waals surface area contributed by atoms with Crippen LogP contribution < -0.4 is 4.72 Å². The predicted octanol–water partition coefficient (Wildman–Crippen LogP) is 3.82. The first kappa shape index (κ1) is 17.6. The van der Waals surface area contributed by atoms with Crippen molar-refractivity contribution in [3.63, 3.8) is 0 Å². The standard InChI is InChI=1S/C15H10BrFN4O2S2/c1-9-13(7-14(16)24-9)25(22,23)20-15-4-5-21(19-15)12-3-2-10(8-18)6-11(12)17/h2-7H,1H3,(H,19,20). The Labute approximate surface area is 155 Å². The summed E-state index contributed by atoms with van der Waals surface area (Å²) in [6, 6.07) is 8.73. The maximum absolute atomic E-state index is 14.0. The third-order valence-corrected chi connectivity index (χ3v) is 6.45. The average molecular weight is 441 g/mol. The van der Waals surface area contributed by atoms with Crippen LogP contribution in [0.5, 0.6) is 0 Å². The molecule has 1 N–H and O–H groups in total. The van der Waals surface area contributed by atoms with Gasteiger partial charge in [0.25, 0.3) is 10.0 Å². The van der Waals surface area contributed by atoms with Crippen LogP contribution in [-0.2, 0) is 10.0 Å². The third-order valence-electron chi connectivity index (χ3n) is 3.28. The summed E-state index contributed by atoms with van der Waals surface area (Å²) in [7, 11) is -3.80. The minimum Gasteiger partial charge on any atom is -0.262 e. The molecule has 0 unspecified atom stereocenters. The molecule has 128 valence electrons. The molecule has 0 aliphatic carbocycles. The molecule has 0 atom stereocenters. The zero-order chi connectivity index (χ0) is 18.2. The molecule has 0 saturated carbocycles. The molecular weight excluding hydrogens is 431 g/mol. The smallest absolute Gasteiger partial charge is 0.262 e. The van der Waals surface area contributed by atoms with Crippen LogP contribution in [0.15, 0.2) is 45.2 Å². The molecule has 0 saturated heterocycles. The number of aromatic nitrogens is 2. The van der Waals surface area contributed by atoms with Crippen LogP contribution in [0.4, 0.5) is 10.2 Å². The van der Waals surface area contributed by atoms with Crippen LogP contribution in [0.25, 0.3) is 5.69 Å². The van der Waals surface area contributed by atoms with E-state index in [2.05, 4.69) is 25.8 Å². The van der Waals surface area contributed by atoms with Gasteiger partial charge in [0.1, 0.15) is 16.4 Å². The van der Waals surface area contributed by atoms with Crippen LogP contribution in [0.1, 0.15) is 10.4 Å². The Bertz CT molecular complexity index is 1100. The molecule has 3 aromatic rings. The van der Waals surface area contributed by atoms with Gasteiger partial charge in [0.15, 0.2) is 5.82 Å². The Balaban J connectivity index is 1.90. The number of thiophene rings is 1. The van der Waals surface area contributed by atoms with E-state index < -0.39 is 15.8 Å². The van der Waals surface area contributed by atoms with Crippen LogP contribution in [0, 0.1) is 24.1 Å². The molecule has 6 nitrogen and oxygen atoms in total. The maximum atomic E-state index is 14.0. The van der Waals surface area contributed by atoms with Crippen molar-refractivity contribution >= 4 is 43.1 Å². The number of anilines is 1. The summed E-state index contributed by atoms with van der Waals surface area (Å²) in [6.07, 6.45) is 1.43. The highest BCUT2D eigenvalue weighted by Gasteiger charge is 2.21. The molecule has 2 heterocycles. The van der Waals surface area contributed by atoms with Crippen molar-refractivity contribution in [3.8, 4) is 11.8 Å². The van der Waals surface area contributed by atoms with E-state index in [4.69, 9.17) is 5.26 Å². The lowest BCUT2D eigenvalue weighted by molar-refractivity contribution is 0.600. The van der Waals surface area contributed by atoms with Crippen molar-refractivity contribution in [1.29, 1.82) is 5.26 Å². The lowest BCUT2D eigenvalue weighted by Crippen LogP contribution is -2.13. The Morgan fingerprint density at radius 2 is 2.12 bits per heavy atom. The van der Waals surface area contributed by atoms with Crippen LogP contribution in [0.3, 0.4) is 0 Å². The lowest BCUT2D eigenvalue weighted by atomic mass is 10.2.